The monoisotopic (exact) mass is 256 g/mol. The second-order valence-electron chi connectivity index (χ2n) is 3.75. The largest absolute Gasteiger partial charge is 0.399 e. The fraction of sp³-hybridized carbons (Fsp3) is 0.455. The highest BCUT2D eigenvalue weighted by atomic mass is 79.9. The molecule has 2 nitrogen and oxygen atoms in total. The molecule has 14 heavy (non-hydrogen) atoms. The maximum atomic E-state index is 5.87. The topological polar surface area (TPSA) is 29.3 Å². The smallest absolute Gasteiger partial charge is 0.0347 e. The summed E-state index contributed by atoms with van der Waals surface area (Å²) in [6.07, 6.45) is 2.19. The number of nitrogens with zero attached hydrogens (tertiary/aromatic N) is 1. The molecule has 0 amide bonds. The molecular weight excluding hydrogens is 240 g/mol. The Bertz CT molecular complexity index is 297. The zero-order valence-electron chi connectivity index (χ0n) is 8.76. The first-order valence-corrected chi connectivity index (χ1v) is 5.57. The highest BCUT2D eigenvalue weighted by Gasteiger charge is 2.00. The minimum atomic E-state index is 0.895. The van der Waals surface area contributed by atoms with Crippen molar-refractivity contribution in [2.75, 3.05) is 26.4 Å². The Balaban J connectivity index is 2.53. The summed E-state index contributed by atoms with van der Waals surface area (Å²) < 4.78 is 1.10. The molecule has 1 aromatic rings. The number of rotatable bonds is 4. The van der Waals surface area contributed by atoms with Crippen molar-refractivity contribution in [2.24, 2.45) is 0 Å². The van der Waals surface area contributed by atoms with Gasteiger partial charge < -0.3 is 10.6 Å². The predicted molar refractivity (Wildman–Crippen MR) is 65.4 cm³/mol. The van der Waals surface area contributed by atoms with Crippen LogP contribution in [0, 0.1) is 0 Å². The molecule has 0 spiro atoms. The van der Waals surface area contributed by atoms with E-state index in [1.807, 2.05) is 12.1 Å². The molecule has 0 aliphatic carbocycles. The number of benzene rings is 1. The van der Waals surface area contributed by atoms with Gasteiger partial charge in [-0.25, -0.2) is 0 Å². The van der Waals surface area contributed by atoms with Gasteiger partial charge in [-0.05, 0) is 57.2 Å². The van der Waals surface area contributed by atoms with Crippen LogP contribution in [0.3, 0.4) is 0 Å². The predicted octanol–water partition coefficient (Wildman–Crippen LogP) is 2.53. The van der Waals surface area contributed by atoms with Gasteiger partial charge in [-0.2, -0.15) is 0 Å². The van der Waals surface area contributed by atoms with Crippen LogP contribution in [0.5, 0.6) is 0 Å². The van der Waals surface area contributed by atoms with E-state index in [-0.39, 0.29) is 0 Å². The number of nitrogen functional groups attached to an aromatic ring is 1. The number of anilines is 1. The number of aryl methyl sites for hydroxylation is 1. The summed E-state index contributed by atoms with van der Waals surface area (Å²) in [7, 11) is 4.18. The van der Waals surface area contributed by atoms with E-state index in [9.17, 15) is 0 Å². The molecule has 0 heterocycles. The lowest BCUT2D eigenvalue weighted by Gasteiger charge is -2.10. The first-order valence-electron chi connectivity index (χ1n) is 4.78. The summed E-state index contributed by atoms with van der Waals surface area (Å²) >= 11 is 3.45. The molecule has 1 aromatic carbocycles. The Labute approximate surface area is 94.2 Å². The quantitative estimate of drug-likeness (QED) is 0.840. The Kier molecular flexibility index (Phi) is 4.42. The Morgan fingerprint density at radius 1 is 1.36 bits per heavy atom. The molecule has 0 saturated carbocycles. The summed E-state index contributed by atoms with van der Waals surface area (Å²) in [6, 6.07) is 6.03. The summed E-state index contributed by atoms with van der Waals surface area (Å²) in [4.78, 5) is 2.19. The van der Waals surface area contributed by atoms with E-state index >= 15 is 0 Å². The van der Waals surface area contributed by atoms with Crippen molar-refractivity contribution in [1.29, 1.82) is 0 Å². The van der Waals surface area contributed by atoms with Gasteiger partial charge in [0.2, 0.25) is 0 Å². The van der Waals surface area contributed by atoms with Crippen molar-refractivity contribution in [3.8, 4) is 0 Å². The third-order valence-corrected chi connectivity index (χ3v) is 2.65. The lowest BCUT2D eigenvalue weighted by atomic mass is 10.1. The van der Waals surface area contributed by atoms with E-state index in [4.69, 9.17) is 5.73 Å². The molecule has 3 heteroatoms. The molecule has 0 radical (unpaired) electrons. The molecule has 1 rings (SSSR count). The van der Waals surface area contributed by atoms with Gasteiger partial charge in [0.15, 0.2) is 0 Å². The summed E-state index contributed by atoms with van der Waals surface area (Å²) in [6.45, 7) is 1.10. The summed E-state index contributed by atoms with van der Waals surface area (Å²) in [5.41, 5.74) is 8.00. The van der Waals surface area contributed by atoms with E-state index in [1.165, 1.54) is 5.56 Å². The number of nitrogens with two attached hydrogens (primary N) is 1. The van der Waals surface area contributed by atoms with Crippen LogP contribution in [0.1, 0.15) is 12.0 Å². The minimum absolute atomic E-state index is 0.895. The van der Waals surface area contributed by atoms with Crippen molar-refractivity contribution in [3.05, 3.63) is 28.2 Å². The number of hydrogen-bond donors (Lipinski definition) is 1. The van der Waals surface area contributed by atoms with Crippen molar-refractivity contribution in [3.63, 3.8) is 0 Å². The molecule has 0 aliphatic heterocycles. The minimum Gasteiger partial charge on any atom is -0.399 e. The van der Waals surface area contributed by atoms with Crippen LogP contribution < -0.4 is 5.73 Å². The van der Waals surface area contributed by atoms with Gasteiger partial charge in [-0.3, -0.25) is 0 Å². The normalized spacial score (nSPS) is 10.9. The van der Waals surface area contributed by atoms with Crippen LogP contribution in [0.4, 0.5) is 5.69 Å². The molecule has 0 unspecified atom stereocenters. The van der Waals surface area contributed by atoms with Gasteiger partial charge in [-0.15, -0.1) is 0 Å². The second-order valence-corrected chi connectivity index (χ2v) is 4.67. The van der Waals surface area contributed by atoms with Crippen LogP contribution in [0.15, 0.2) is 22.7 Å². The average molecular weight is 257 g/mol. The fourth-order valence-corrected chi connectivity index (χ4v) is 1.79. The molecule has 0 fully saturated rings. The van der Waals surface area contributed by atoms with Gasteiger partial charge in [0.25, 0.3) is 0 Å². The van der Waals surface area contributed by atoms with Gasteiger partial charge in [-0.1, -0.05) is 15.9 Å². The maximum Gasteiger partial charge on any atom is 0.0347 e. The first-order chi connectivity index (χ1) is 6.59. The zero-order chi connectivity index (χ0) is 10.6. The second kappa shape index (κ2) is 5.37. The Morgan fingerprint density at radius 3 is 2.71 bits per heavy atom. The highest BCUT2D eigenvalue weighted by molar-refractivity contribution is 9.10. The SMILES string of the molecule is CN(C)CCCc1cc(Br)ccc1N. The van der Waals surface area contributed by atoms with E-state index in [0.29, 0.717) is 0 Å². The third-order valence-electron chi connectivity index (χ3n) is 2.16. The van der Waals surface area contributed by atoms with Gasteiger partial charge in [0, 0.05) is 10.2 Å². The molecule has 0 aliphatic rings. The summed E-state index contributed by atoms with van der Waals surface area (Å²) in [5, 5.41) is 0. The fourth-order valence-electron chi connectivity index (χ4n) is 1.38. The van der Waals surface area contributed by atoms with E-state index in [2.05, 4.69) is 41.0 Å². The molecule has 78 valence electrons. The van der Waals surface area contributed by atoms with Gasteiger partial charge in [0.05, 0.1) is 0 Å². The molecule has 0 atom stereocenters. The van der Waals surface area contributed by atoms with Crippen molar-refractivity contribution < 1.29 is 0 Å². The van der Waals surface area contributed by atoms with E-state index in [1.54, 1.807) is 0 Å². The van der Waals surface area contributed by atoms with E-state index in [0.717, 1.165) is 29.5 Å². The summed E-state index contributed by atoms with van der Waals surface area (Å²) in [5.74, 6) is 0. The standard InChI is InChI=1S/C11H17BrN2/c1-14(2)7-3-4-9-8-10(12)5-6-11(9)13/h5-6,8H,3-4,7,13H2,1-2H3. The Morgan fingerprint density at radius 2 is 2.07 bits per heavy atom. The number of hydrogen-bond acceptors (Lipinski definition) is 2. The molecule has 0 saturated heterocycles. The van der Waals surface area contributed by atoms with Crippen molar-refractivity contribution in [2.45, 2.75) is 12.8 Å². The van der Waals surface area contributed by atoms with Gasteiger partial charge in [0.1, 0.15) is 0 Å². The third kappa shape index (κ3) is 3.68. The average Bonchev–Trinajstić information content (AvgIpc) is 2.10. The number of halogens is 1. The molecule has 2 N–H and O–H groups in total. The van der Waals surface area contributed by atoms with Crippen LogP contribution >= 0.6 is 15.9 Å². The van der Waals surface area contributed by atoms with Crippen LogP contribution in [0.2, 0.25) is 0 Å². The lowest BCUT2D eigenvalue weighted by molar-refractivity contribution is 0.400. The van der Waals surface area contributed by atoms with Crippen LogP contribution in [-0.2, 0) is 6.42 Å². The Hall–Kier alpha value is -0.540. The maximum absolute atomic E-state index is 5.87. The lowest BCUT2D eigenvalue weighted by Crippen LogP contribution is -2.13. The van der Waals surface area contributed by atoms with Crippen LogP contribution in [-0.4, -0.2) is 25.5 Å². The van der Waals surface area contributed by atoms with Crippen LogP contribution in [0.25, 0.3) is 0 Å². The first kappa shape index (κ1) is 11.5. The molecule has 0 bridgehead atoms. The van der Waals surface area contributed by atoms with E-state index < -0.39 is 0 Å². The molecular formula is C11H17BrN2. The molecule has 0 aromatic heterocycles. The highest BCUT2D eigenvalue weighted by Crippen LogP contribution is 2.19. The van der Waals surface area contributed by atoms with Gasteiger partial charge >= 0.3 is 0 Å². The van der Waals surface area contributed by atoms with Crippen molar-refractivity contribution in [1.82, 2.24) is 4.90 Å². The van der Waals surface area contributed by atoms with Crippen molar-refractivity contribution >= 4 is 21.6 Å². The zero-order valence-corrected chi connectivity index (χ0v) is 10.3.